The minimum atomic E-state index is -1.03. The number of halogens is 2. The van der Waals surface area contributed by atoms with Crippen molar-refractivity contribution in [1.82, 2.24) is 10.6 Å². The van der Waals surface area contributed by atoms with Gasteiger partial charge in [0, 0.05) is 28.2 Å². The predicted octanol–water partition coefficient (Wildman–Crippen LogP) is 4.33. The maximum Gasteiger partial charge on any atom is 0.272 e. The molecule has 9 heteroatoms. The van der Waals surface area contributed by atoms with Crippen LogP contribution < -0.4 is 15.5 Å². The van der Waals surface area contributed by atoms with Gasteiger partial charge >= 0.3 is 0 Å². The van der Waals surface area contributed by atoms with Crippen LogP contribution in [0.5, 0.6) is 0 Å². The summed E-state index contributed by atoms with van der Waals surface area (Å²) < 4.78 is 0. The van der Waals surface area contributed by atoms with Gasteiger partial charge in [-0.1, -0.05) is 71.7 Å². The van der Waals surface area contributed by atoms with Crippen LogP contribution in [-0.2, 0) is 4.79 Å². The number of rotatable bonds is 5. The van der Waals surface area contributed by atoms with E-state index in [1.807, 2.05) is 48.5 Å². The number of amides is 1. The summed E-state index contributed by atoms with van der Waals surface area (Å²) in [5.41, 5.74) is 3.37. The molecule has 1 heterocycles. The lowest BCUT2D eigenvalue weighted by molar-refractivity contribution is -0.119. The van der Waals surface area contributed by atoms with Crippen LogP contribution >= 0.6 is 35.4 Å². The number of hydrogen-bond acceptors (Lipinski definition) is 4. The lowest BCUT2D eigenvalue weighted by atomic mass is 10.00. The molecule has 1 aliphatic heterocycles. The highest BCUT2D eigenvalue weighted by Crippen LogP contribution is 2.31. The molecule has 0 radical (unpaired) electrons. The Morgan fingerprint density at radius 1 is 1.09 bits per heavy atom. The van der Waals surface area contributed by atoms with E-state index in [4.69, 9.17) is 40.4 Å². The number of carbonyl (C=O) groups excluding carboxylic acids is 1. The predicted molar refractivity (Wildman–Crippen MR) is 141 cm³/mol. The number of nitrogens with zero attached hydrogens (tertiary/aromatic N) is 2. The monoisotopic (exact) mass is 512 g/mol. The number of aliphatic hydroxyl groups is 1. The molecule has 174 valence electrons. The van der Waals surface area contributed by atoms with Gasteiger partial charge in [0.1, 0.15) is 0 Å². The number of hydrogen-bond donors (Lipinski definition) is 3. The SMILES string of the molecule is CN1C(=O)C(NC(=S)NC(CO)c2ccccc2)N=C(c2ccccc2Cl)c2cc(Cl)ccc21. The molecule has 0 bridgehead atoms. The summed E-state index contributed by atoms with van der Waals surface area (Å²) >= 11 is 18.3. The van der Waals surface area contributed by atoms with Gasteiger partial charge in [-0.05, 0) is 42.0 Å². The minimum Gasteiger partial charge on any atom is -0.394 e. The summed E-state index contributed by atoms with van der Waals surface area (Å²) in [4.78, 5) is 19.6. The summed E-state index contributed by atoms with van der Waals surface area (Å²) in [6.45, 7) is -0.178. The van der Waals surface area contributed by atoms with Gasteiger partial charge in [0.2, 0.25) is 6.17 Å². The molecule has 0 aliphatic carbocycles. The van der Waals surface area contributed by atoms with Gasteiger partial charge in [-0.3, -0.25) is 4.79 Å². The van der Waals surface area contributed by atoms with Crippen molar-refractivity contribution in [2.75, 3.05) is 18.6 Å². The molecule has 0 aromatic heterocycles. The van der Waals surface area contributed by atoms with Gasteiger partial charge in [-0.15, -0.1) is 0 Å². The van der Waals surface area contributed by atoms with E-state index in [9.17, 15) is 9.90 Å². The smallest absolute Gasteiger partial charge is 0.272 e. The molecule has 1 aliphatic rings. The standard InChI is InChI=1S/C25H22Cl2N4O2S/c1-31-21-12-11-16(26)13-18(21)22(17-9-5-6-10-19(17)27)29-23(24(31)33)30-25(34)28-20(14-32)15-7-3-2-4-8-15/h2-13,20,23,32H,14H2,1H3,(H2,28,30,34). The molecule has 0 saturated heterocycles. The number of thiocarbonyl (C=S) groups is 1. The van der Waals surface area contributed by atoms with Gasteiger partial charge in [0.15, 0.2) is 5.11 Å². The van der Waals surface area contributed by atoms with Crippen molar-refractivity contribution in [3.05, 3.63) is 99.5 Å². The molecule has 0 spiro atoms. The largest absolute Gasteiger partial charge is 0.394 e. The molecule has 2 atom stereocenters. The number of benzene rings is 3. The van der Waals surface area contributed by atoms with Crippen molar-refractivity contribution in [2.24, 2.45) is 4.99 Å². The Hall–Kier alpha value is -2.97. The number of fused-ring (bicyclic) bond motifs is 1. The highest BCUT2D eigenvalue weighted by molar-refractivity contribution is 7.80. The quantitative estimate of drug-likeness (QED) is 0.443. The summed E-state index contributed by atoms with van der Waals surface area (Å²) in [5.74, 6) is -0.310. The topological polar surface area (TPSA) is 77.0 Å². The number of anilines is 1. The van der Waals surface area contributed by atoms with Crippen LogP contribution in [0.25, 0.3) is 0 Å². The molecule has 1 amide bonds. The zero-order chi connectivity index (χ0) is 24.2. The summed E-state index contributed by atoms with van der Waals surface area (Å²) in [5, 5.41) is 17.1. The summed E-state index contributed by atoms with van der Waals surface area (Å²) in [6, 6.07) is 21.5. The number of benzodiazepines with no additional fused rings is 1. The van der Waals surface area contributed by atoms with Crippen molar-refractivity contribution in [1.29, 1.82) is 0 Å². The summed E-state index contributed by atoms with van der Waals surface area (Å²) in [7, 11) is 1.67. The van der Waals surface area contributed by atoms with E-state index in [-0.39, 0.29) is 17.6 Å². The second kappa shape index (κ2) is 10.5. The lowest BCUT2D eigenvalue weighted by Gasteiger charge is -2.24. The fourth-order valence-electron chi connectivity index (χ4n) is 3.75. The molecule has 0 fully saturated rings. The average molecular weight is 513 g/mol. The molecule has 6 nitrogen and oxygen atoms in total. The van der Waals surface area contributed by atoms with Gasteiger partial charge < -0.3 is 20.6 Å². The molecule has 34 heavy (non-hydrogen) atoms. The van der Waals surface area contributed by atoms with E-state index in [0.717, 1.165) is 5.56 Å². The average Bonchev–Trinajstić information content (AvgIpc) is 2.94. The molecular formula is C25H22Cl2N4O2S. The number of aliphatic imine (C=N–C) groups is 1. The highest BCUT2D eigenvalue weighted by atomic mass is 35.5. The molecule has 3 N–H and O–H groups in total. The van der Waals surface area contributed by atoms with Crippen molar-refractivity contribution in [2.45, 2.75) is 12.2 Å². The van der Waals surface area contributed by atoms with E-state index in [1.165, 1.54) is 4.90 Å². The fourth-order valence-corrected chi connectivity index (χ4v) is 4.40. The Morgan fingerprint density at radius 3 is 2.50 bits per heavy atom. The molecule has 3 aromatic carbocycles. The number of nitrogens with one attached hydrogen (secondary N) is 2. The number of aliphatic hydroxyl groups excluding tert-OH is 1. The maximum absolute atomic E-state index is 13.4. The van der Waals surface area contributed by atoms with E-state index in [2.05, 4.69) is 10.6 Å². The van der Waals surface area contributed by atoms with Crippen LogP contribution in [-0.4, -0.2) is 41.7 Å². The van der Waals surface area contributed by atoms with E-state index in [1.54, 1.807) is 31.3 Å². The van der Waals surface area contributed by atoms with Crippen LogP contribution in [0, 0.1) is 0 Å². The van der Waals surface area contributed by atoms with Gasteiger partial charge in [-0.25, -0.2) is 4.99 Å². The van der Waals surface area contributed by atoms with Crippen molar-refractivity contribution in [3.8, 4) is 0 Å². The molecular weight excluding hydrogens is 491 g/mol. The van der Waals surface area contributed by atoms with Crippen molar-refractivity contribution in [3.63, 3.8) is 0 Å². The third-order valence-corrected chi connectivity index (χ3v) is 6.28. The Kier molecular flexibility index (Phi) is 7.48. The van der Waals surface area contributed by atoms with Gasteiger partial charge in [0.05, 0.1) is 24.0 Å². The number of likely N-dealkylation sites (N-methyl/N-ethyl adjacent to an activating group) is 1. The normalized spacial score (nSPS) is 16.2. The first kappa shape index (κ1) is 24.2. The maximum atomic E-state index is 13.4. The molecule has 4 rings (SSSR count). The van der Waals surface area contributed by atoms with Crippen LogP contribution in [0.15, 0.2) is 77.8 Å². The Morgan fingerprint density at radius 2 is 1.79 bits per heavy atom. The van der Waals surface area contributed by atoms with Gasteiger partial charge in [0.25, 0.3) is 5.91 Å². The Balaban J connectivity index is 1.70. The molecule has 3 aromatic rings. The fraction of sp³-hybridized carbons (Fsp3) is 0.160. The second-order valence-corrected chi connectivity index (χ2v) is 8.93. The lowest BCUT2D eigenvalue weighted by Crippen LogP contribution is -2.50. The molecule has 0 saturated carbocycles. The van der Waals surface area contributed by atoms with E-state index >= 15 is 0 Å². The van der Waals surface area contributed by atoms with E-state index < -0.39 is 12.2 Å². The zero-order valence-electron chi connectivity index (χ0n) is 18.2. The minimum absolute atomic E-state index is 0.178. The Labute approximate surface area is 213 Å². The highest BCUT2D eigenvalue weighted by Gasteiger charge is 2.31. The number of carbonyl (C=O) groups is 1. The third kappa shape index (κ3) is 5.08. The first-order chi connectivity index (χ1) is 16.4. The van der Waals surface area contributed by atoms with Crippen LogP contribution in [0.3, 0.4) is 0 Å². The third-order valence-electron chi connectivity index (χ3n) is 5.48. The Bertz CT molecular complexity index is 1250. The van der Waals surface area contributed by atoms with E-state index in [0.29, 0.717) is 32.6 Å². The summed E-state index contributed by atoms with van der Waals surface area (Å²) in [6.07, 6.45) is -1.03. The zero-order valence-corrected chi connectivity index (χ0v) is 20.5. The van der Waals surface area contributed by atoms with Crippen LogP contribution in [0.1, 0.15) is 22.7 Å². The first-order valence-corrected chi connectivity index (χ1v) is 11.7. The van der Waals surface area contributed by atoms with Crippen molar-refractivity contribution >= 4 is 57.8 Å². The van der Waals surface area contributed by atoms with Crippen molar-refractivity contribution < 1.29 is 9.90 Å². The van der Waals surface area contributed by atoms with Crippen LogP contribution in [0.2, 0.25) is 10.0 Å². The van der Waals surface area contributed by atoms with Crippen LogP contribution in [0.4, 0.5) is 5.69 Å². The first-order valence-electron chi connectivity index (χ1n) is 10.5. The second-order valence-electron chi connectivity index (χ2n) is 7.68. The van der Waals surface area contributed by atoms with Gasteiger partial charge in [-0.2, -0.15) is 0 Å². The molecule has 2 unspecified atom stereocenters.